The molecule has 0 aliphatic carbocycles. The summed E-state index contributed by atoms with van der Waals surface area (Å²) in [7, 11) is -2.98. The fourth-order valence-corrected chi connectivity index (χ4v) is 4.97. The minimum absolute atomic E-state index is 0.0945. The zero-order valence-electron chi connectivity index (χ0n) is 18.2. The molecule has 0 radical (unpaired) electrons. The number of amides is 2. The van der Waals surface area contributed by atoms with Gasteiger partial charge < -0.3 is 15.0 Å². The lowest BCUT2D eigenvalue weighted by atomic mass is 10.1. The summed E-state index contributed by atoms with van der Waals surface area (Å²) in [6.07, 6.45) is 0.796. The standard InChI is InChI=1S/C22H25FN4O5S/c1-2-21(28)25-13-17-14-27(22(29)32-17)16-4-5-18(19(23)11-16)15-3-6-20(24-12-15)26-7-9-33(30,31)10-8-26/h3-6,11-12,17H,2,7-10,13-14H2,1H3,(H,25,28). The van der Waals surface area contributed by atoms with E-state index in [9.17, 15) is 22.4 Å². The molecule has 0 bridgehead atoms. The number of anilines is 2. The summed E-state index contributed by atoms with van der Waals surface area (Å²) in [5.74, 6) is 0.187. The number of ether oxygens (including phenoxy) is 1. The number of rotatable bonds is 6. The zero-order chi connectivity index (χ0) is 23.6. The van der Waals surface area contributed by atoms with Gasteiger partial charge in [-0.15, -0.1) is 0 Å². The number of benzene rings is 1. The Bertz CT molecular complexity index is 1140. The van der Waals surface area contributed by atoms with Gasteiger partial charge in [-0.3, -0.25) is 9.69 Å². The van der Waals surface area contributed by atoms with Gasteiger partial charge >= 0.3 is 6.09 Å². The van der Waals surface area contributed by atoms with Crippen LogP contribution in [-0.4, -0.2) is 69.2 Å². The third-order valence-corrected chi connectivity index (χ3v) is 7.32. The number of halogens is 1. The molecule has 1 aromatic heterocycles. The lowest BCUT2D eigenvalue weighted by Crippen LogP contribution is -2.40. The number of pyridine rings is 1. The highest BCUT2D eigenvalue weighted by Crippen LogP contribution is 2.29. The predicted octanol–water partition coefficient (Wildman–Crippen LogP) is 1.97. The number of cyclic esters (lactones) is 1. The normalized spacial score (nSPS) is 19.9. The summed E-state index contributed by atoms with van der Waals surface area (Å²) in [4.78, 5) is 31.2. The van der Waals surface area contributed by atoms with Crippen molar-refractivity contribution in [1.82, 2.24) is 10.3 Å². The molecule has 176 valence electrons. The highest BCUT2D eigenvalue weighted by Gasteiger charge is 2.33. The van der Waals surface area contributed by atoms with Crippen molar-refractivity contribution < 1.29 is 27.1 Å². The van der Waals surface area contributed by atoms with Gasteiger partial charge in [0.2, 0.25) is 5.91 Å². The number of nitrogens with zero attached hydrogens (tertiary/aromatic N) is 3. The topological polar surface area (TPSA) is 109 Å². The Morgan fingerprint density at radius 1 is 1.24 bits per heavy atom. The van der Waals surface area contributed by atoms with Crippen LogP contribution < -0.4 is 15.1 Å². The van der Waals surface area contributed by atoms with E-state index in [-0.39, 0.29) is 30.5 Å². The number of carbonyl (C=O) groups excluding carboxylic acids is 2. The van der Waals surface area contributed by atoms with E-state index in [1.165, 1.54) is 11.0 Å². The molecule has 1 aromatic carbocycles. The Balaban J connectivity index is 1.43. The quantitative estimate of drug-likeness (QED) is 0.679. The number of nitrogens with one attached hydrogen (secondary N) is 1. The predicted molar refractivity (Wildman–Crippen MR) is 121 cm³/mol. The van der Waals surface area contributed by atoms with Crippen molar-refractivity contribution in [3.05, 3.63) is 42.3 Å². The van der Waals surface area contributed by atoms with Crippen LogP contribution in [0.1, 0.15) is 13.3 Å². The van der Waals surface area contributed by atoms with Gasteiger partial charge in [-0.05, 0) is 30.3 Å². The van der Waals surface area contributed by atoms with E-state index in [0.717, 1.165) is 0 Å². The minimum Gasteiger partial charge on any atom is -0.442 e. The van der Waals surface area contributed by atoms with Gasteiger partial charge in [0.1, 0.15) is 17.7 Å². The summed E-state index contributed by atoms with van der Waals surface area (Å²) in [5.41, 5.74) is 1.26. The monoisotopic (exact) mass is 476 g/mol. The number of hydrogen-bond donors (Lipinski definition) is 1. The minimum atomic E-state index is -2.98. The van der Waals surface area contributed by atoms with Crippen LogP contribution in [0.4, 0.5) is 20.7 Å². The van der Waals surface area contributed by atoms with Crippen LogP contribution in [0.5, 0.6) is 0 Å². The fraction of sp³-hybridized carbons (Fsp3) is 0.409. The molecule has 33 heavy (non-hydrogen) atoms. The van der Waals surface area contributed by atoms with Crippen molar-refractivity contribution in [2.75, 3.05) is 47.5 Å². The summed E-state index contributed by atoms with van der Waals surface area (Å²) in [6, 6.07) is 7.96. The Morgan fingerprint density at radius 2 is 2.00 bits per heavy atom. The summed E-state index contributed by atoms with van der Waals surface area (Å²) < 4.78 is 43.4. The molecule has 4 rings (SSSR count). The Kier molecular flexibility index (Phi) is 6.50. The van der Waals surface area contributed by atoms with Crippen LogP contribution in [0.25, 0.3) is 11.1 Å². The van der Waals surface area contributed by atoms with E-state index >= 15 is 0 Å². The smallest absolute Gasteiger partial charge is 0.414 e. The summed E-state index contributed by atoms with van der Waals surface area (Å²) in [5, 5.41) is 2.68. The second kappa shape index (κ2) is 9.34. The summed E-state index contributed by atoms with van der Waals surface area (Å²) in [6.45, 7) is 2.91. The molecule has 0 saturated carbocycles. The molecular formula is C22H25FN4O5S. The van der Waals surface area contributed by atoms with Crippen molar-refractivity contribution in [1.29, 1.82) is 0 Å². The van der Waals surface area contributed by atoms with Crippen molar-refractivity contribution >= 4 is 33.3 Å². The maximum atomic E-state index is 14.9. The molecule has 11 heteroatoms. The van der Waals surface area contributed by atoms with E-state index in [4.69, 9.17) is 4.74 Å². The SMILES string of the molecule is CCC(=O)NCC1CN(c2ccc(-c3ccc(N4CCS(=O)(=O)CC4)nc3)c(F)c2)C(=O)O1. The molecule has 1 unspecified atom stereocenters. The van der Waals surface area contributed by atoms with Crippen molar-refractivity contribution in [2.45, 2.75) is 19.4 Å². The van der Waals surface area contributed by atoms with Gasteiger partial charge in [-0.2, -0.15) is 0 Å². The van der Waals surface area contributed by atoms with Crippen LogP contribution >= 0.6 is 0 Å². The Morgan fingerprint density at radius 3 is 2.64 bits per heavy atom. The van der Waals surface area contributed by atoms with Gasteiger partial charge in [0.25, 0.3) is 0 Å². The fourth-order valence-electron chi connectivity index (χ4n) is 3.77. The van der Waals surface area contributed by atoms with E-state index in [0.29, 0.717) is 42.1 Å². The first-order valence-electron chi connectivity index (χ1n) is 10.7. The average molecular weight is 477 g/mol. The second-order valence-electron chi connectivity index (χ2n) is 7.98. The van der Waals surface area contributed by atoms with Crippen LogP contribution in [-0.2, 0) is 19.4 Å². The second-order valence-corrected chi connectivity index (χ2v) is 10.3. The largest absolute Gasteiger partial charge is 0.442 e. The number of carbonyl (C=O) groups is 2. The molecular weight excluding hydrogens is 451 g/mol. The van der Waals surface area contributed by atoms with Crippen molar-refractivity contribution in [2.24, 2.45) is 0 Å². The third-order valence-electron chi connectivity index (χ3n) is 5.71. The molecule has 9 nitrogen and oxygen atoms in total. The first kappa shape index (κ1) is 23.0. The van der Waals surface area contributed by atoms with Gasteiger partial charge in [-0.1, -0.05) is 6.92 Å². The maximum absolute atomic E-state index is 14.9. The van der Waals surface area contributed by atoms with Gasteiger partial charge in [0.15, 0.2) is 9.84 Å². The number of hydrogen-bond acceptors (Lipinski definition) is 7. The number of aromatic nitrogens is 1. The molecule has 1 atom stereocenters. The Hall–Kier alpha value is -3.21. The van der Waals surface area contributed by atoms with E-state index in [2.05, 4.69) is 10.3 Å². The molecule has 0 spiro atoms. The van der Waals surface area contributed by atoms with Crippen LogP contribution in [0.2, 0.25) is 0 Å². The molecule has 2 aliphatic rings. The van der Waals surface area contributed by atoms with Crippen molar-refractivity contribution in [3.8, 4) is 11.1 Å². The van der Waals surface area contributed by atoms with Gasteiger partial charge in [-0.25, -0.2) is 22.6 Å². The summed E-state index contributed by atoms with van der Waals surface area (Å²) >= 11 is 0. The lowest BCUT2D eigenvalue weighted by molar-refractivity contribution is -0.121. The Labute approximate surface area is 191 Å². The molecule has 2 amide bonds. The zero-order valence-corrected chi connectivity index (χ0v) is 19.0. The lowest BCUT2D eigenvalue weighted by Gasteiger charge is -2.27. The van der Waals surface area contributed by atoms with Crippen LogP contribution in [0.15, 0.2) is 36.5 Å². The molecule has 2 aromatic rings. The van der Waals surface area contributed by atoms with Crippen LogP contribution in [0, 0.1) is 5.82 Å². The molecule has 2 saturated heterocycles. The first-order valence-corrected chi connectivity index (χ1v) is 12.5. The van der Waals surface area contributed by atoms with E-state index in [1.807, 2.05) is 4.90 Å². The van der Waals surface area contributed by atoms with Crippen molar-refractivity contribution in [3.63, 3.8) is 0 Å². The van der Waals surface area contributed by atoms with Gasteiger partial charge in [0.05, 0.1) is 30.3 Å². The third kappa shape index (κ3) is 5.24. The highest BCUT2D eigenvalue weighted by molar-refractivity contribution is 7.91. The first-order chi connectivity index (χ1) is 15.8. The molecule has 3 heterocycles. The molecule has 2 aliphatic heterocycles. The highest BCUT2D eigenvalue weighted by atomic mass is 32.2. The molecule has 1 N–H and O–H groups in total. The van der Waals surface area contributed by atoms with Gasteiger partial charge in [0, 0.05) is 36.8 Å². The number of sulfone groups is 1. The average Bonchev–Trinajstić information content (AvgIpc) is 3.18. The molecule has 2 fully saturated rings. The van der Waals surface area contributed by atoms with Crippen LogP contribution in [0.3, 0.4) is 0 Å². The van der Waals surface area contributed by atoms with E-state index < -0.39 is 27.9 Å². The maximum Gasteiger partial charge on any atom is 0.414 e. The van der Waals surface area contributed by atoms with E-state index in [1.54, 1.807) is 37.4 Å².